The van der Waals surface area contributed by atoms with Crippen LogP contribution in [0.4, 0.5) is 15.8 Å². The molecule has 9 heteroatoms. The number of anilines is 2. The van der Waals surface area contributed by atoms with Crippen LogP contribution in [0.25, 0.3) is 15.9 Å². The summed E-state index contributed by atoms with van der Waals surface area (Å²) in [6, 6.07) is 15.4. The van der Waals surface area contributed by atoms with E-state index in [0.717, 1.165) is 34.7 Å². The molecule has 0 atom stereocenters. The van der Waals surface area contributed by atoms with E-state index in [0.29, 0.717) is 16.3 Å². The molecule has 4 aromatic rings. The quantitative estimate of drug-likeness (QED) is 0.369. The summed E-state index contributed by atoms with van der Waals surface area (Å²) in [5, 5.41) is 8.07. The largest absolute Gasteiger partial charge is 0.451 e. The summed E-state index contributed by atoms with van der Waals surface area (Å²) >= 11 is 1.22. The van der Waals surface area contributed by atoms with E-state index in [1.165, 1.54) is 42.7 Å². The van der Waals surface area contributed by atoms with Gasteiger partial charge in [0.25, 0.3) is 5.91 Å². The highest BCUT2D eigenvalue weighted by molar-refractivity contribution is 7.20. The molecular formula is C26H25FN4O3S. The van der Waals surface area contributed by atoms with Crippen LogP contribution in [0.15, 0.2) is 54.6 Å². The second kappa shape index (κ2) is 9.87. The molecule has 1 amide bonds. The molecule has 1 N–H and O–H groups in total. The first-order chi connectivity index (χ1) is 17.0. The second-order valence-corrected chi connectivity index (χ2v) is 9.55. The number of rotatable bonds is 6. The minimum absolute atomic E-state index is 0.333. The van der Waals surface area contributed by atoms with Gasteiger partial charge in [-0.1, -0.05) is 0 Å². The lowest BCUT2D eigenvalue weighted by molar-refractivity contribution is -0.119. The average molecular weight is 493 g/mol. The van der Waals surface area contributed by atoms with E-state index in [-0.39, 0.29) is 12.4 Å². The van der Waals surface area contributed by atoms with Crippen LogP contribution in [0.5, 0.6) is 0 Å². The molecule has 1 aliphatic rings. The van der Waals surface area contributed by atoms with Crippen LogP contribution >= 0.6 is 11.3 Å². The number of halogens is 1. The number of aryl methyl sites for hydroxylation is 1. The fourth-order valence-corrected chi connectivity index (χ4v) is 5.29. The first kappa shape index (κ1) is 23.0. The summed E-state index contributed by atoms with van der Waals surface area (Å²) in [6.45, 7) is 3.57. The number of piperidine rings is 1. The van der Waals surface area contributed by atoms with Crippen molar-refractivity contribution in [2.75, 3.05) is 29.9 Å². The Morgan fingerprint density at radius 1 is 1.03 bits per heavy atom. The molecule has 3 heterocycles. The van der Waals surface area contributed by atoms with Crippen molar-refractivity contribution in [3.8, 4) is 5.69 Å². The van der Waals surface area contributed by atoms with Crippen molar-refractivity contribution >= 4 is 44.8 Å². The van der Waals surface area contributed by atoms with E-state index in [4.69, 9.17) is 4.74 Å². The molecule has 0 aliphatic carbocycles. The van der Waals surface area contributed by atoms with E-state index < -0.39 is 11.9 Å². The van der Waals surface area contributed by atoms with Gasteiger partial charge in [-0.05, 0) is 80.8 Å². The van der Waals surface area contributed by atoms with Gasteiger partial charge in [-0.25, -0.2) is 13.9 Å². The predicted molar refractivity (Wildman–Crippen MR) is 135 cm³/mol. The molecule has 1 aliphatic heterocycles. The summed E-state index contributed by atoms with van der Waals surface area (Å²) < 4.78 is 20.2. The van der Waals surface area contributed by atoms with Crippen molar-refractivity contribution in [1.29, 1.82) is 0 Å². The number of hydrogen-bond donors (Lipinski definition) is 1. The lowest BCUT2D eigenvalue weighted by atomic mass is 10.1. The molecule has 0 radical (unpaired) electrons. The third-order valence-electron chi connectivity index (χ3n) is 6.02. The number of carbonyl (C=O) groups excluding carboxylic acids is 2. The zero-order valence-corrected chi connectivity index (χ0v) is 20.1. The molecule has 7 nitrogen and oxygen atoms in total. The first-order valence-corrected chi connectivity index (χ1v) is 12.4. The molecule has 2 aromatic carbocycles. The van der Waals surface area contributed by atoms with Gasteiger partial charge in [0.2, 0.25) is 0 Å². The zero-order chi connectivity index (χ0) is 24.4. The zero-order valence-electron chi connectivity index (χ0n) is 19.3. The molecule has 0 spiro atoms. The van der Waals surface area contributed by atoms with Crippen molar-refractivity contribution < 1.29 is 18.7 Å². The van der Waals surface area contributed by atoms with E-state index in [1.54, 1.807) is 22.9 Å². The van der Waals surface area contributed by atoms with Gasteiger partial charge in [0.05, 0.1) is 11.4 Å². The number of carbonyl (C=O) groups is 2. The van der Waals surface area contributed by atoms with Crippen molar-refractivity contribution in [3.05, 3.63) is 71.0 Å². The van der Waals surface area contributed by atoms with Gasteiger partial charge in [-0.2, -0.15) is 5.10 Å². The van der Waals surface area contributed by atoms with Crippen LogP contribution in [-0.4, -0.2) is 41.4 Å². The summed E-state index contributed by atoms with van der Waals surface area (Å²) in [7, 11) is 0. The molecule has 35 heavy (non-hydrogen) atoms. The minimum atomic E-state index is -0.577. The SMILES string of the molecule is Cc1nn(-c2ccc(F)cc2)c2sc(C(=O)OCC(=O)Nc3ccc(N4CCCCC4)cc3)cc12. The maximum absolute atomic E-state index is 13.3. The smallest absolute Gasteiger partial charge is 0.348 e. The van der Waals surface area contributed by atoms with Crippen LogP contribution < -0.4 is 10.2 Å². The monoisotopic (exact) mass is 492 g/mol. The summed E-state index contributed by atoms with van der Waals surface area (Å²) in [5.74, 6) is -1.31. The van der Waals surface area contributed by atoms with Gasteiger partial charge >= 0.3 is 5.97 Å². The summed E-state index contributed by atoms with van der Waals surface area (Å²) in [5.41, 5.74) is 3.24. The predicted octanol–water partition coefficient (Wildman–Crippen LogP) is 5.32. The Balaban J connectivity index is 1.20. The fraction of sp³-hybridized carbons (Fsp3) is 0.269. The molecule has 5 rings (SSSR count). The number of nitrogens with zero attached hydrogens (tertiary/aromatic N) is 3. The molecule has 0 bridgehead atoms. The molecule has 1 saturated heterocycles. The Bertz CT molecular complexity index is 1360. The minimum Gasteiger partial charge on any atom is -0.451 e. The highest BCUT2D eigenvalue weighted by Gasteiger charge is 2.19. The molecule has 1 fully saturated rings. The number of thiophene rings is 1. The Labute approximate surface area is 206 Å². The van der Waals surface area contributed by atoms with E-state index >= 15 is 0 Å². The fourth-order valence-electron chi connectivity index (χ4n) is 4.21. The van der Waals surface area contributed by atoms with Crippen molar-refractivity contribution in [2.24, 2.45) is 0 Å². The number of benzene rings is 2. The molecule has 0 saturated carbocycles. The Morgan fingerprint density at radius 2 is 1.71 bits per heavy atom. The lowest BCUT2D eigenvalue weighted by Gasteiger charge is -2.28. The van der Waals surface area contributed by atoms with Crippen LogP contribution in [0, 0.1) is 12.7 Å². The number of fused-ring (bicyclic) bond motifs is 1. The van der Waals surface area contributed by atoms with Gasteiger partial charge in [-0.3, -0.25) is 4.79 Å². The maximum atomic E-state index is 13.3. The van der Waals surface area contributed by atoms with Crippen LogP contribution in [0.3, 0.4) is 0 Å². The third-order valence-corrected chi connectivity index (χ3v) is 7.11. The number of hydrogen-bond acceptors (Lipinski definition) is 6. The molecule has 0 unspecified atom stereocenters. The second-order valence-electron chi connectivity index (χ2n) is 8.52. The maximum Gasteiger partial charge on any atom is 0.348 e. The molecule has 180 valence electrons. The molecule has 2 aromatic heterocycles. The normalized spacial score (nSPS) is 13.7. The van der Waals surface area contributed by atoms with Crippen LogP contribution in [-0.2, 0) is 9.53 Å². The average Bonchev–Trinajstić information content (AvgIpc) is 3.45. The van der Waals surface area contributed by atoms with Gasteiger partial charge < -0.3 is 15.0 Å². The standard InChI is InChI=1S/C26H25FN4O3S/c1-17-22-15-23(35-25(22)31(29-17)21-9-5-18(27)6-10-21)26(33)34-16-24(32)28-19-7-11-20(12-8-19)30-13-3-2-4-14-30/h5-12,15H,2-4,13-14,16H2,1H3,(H,28,32). The van der Waals surface area contributed by atoms with E-state index in [9.17, 15) is 14.0 Å². The number of ether oxygens (including phenoxy) is 1. The van der Waals surface area contributed by atoms with Crippen molar-refractivity contribution in [1.82, 2.24) is 9.78 Å². The van der Waals surface area contributed by atoms with Crippen molar-refractivity contribution in [3.63, 3.8) is 0 Å². The topological polar surface area (TPSA) is 76.5 Å². The number of amides is 1. The van der Waals surface area contributed by atoms with Gasteiger partial charge in [-0.15, -0.1) is 11.3 Å². The van der Waals surface area contributed by atoms with Crippen LogP contribution in [0.1, 0.15) is 34.6 Å². The third kappa shape index (κ3) is 5.05. The Kier molecular flexibility index (Phi) is 6.50. The first-order valence-electron chi connectivity index (χ1n) is 11.5. The van der Waals surface area contributed by atoms with Crippen molar-refractivity contribution in [2.45, 2.75) is 26.2 Å². The van der Waals surface area contributed by atoms with Crippen LogP contribution in [0.2, 0.25) is 0 Å². The van der Waals surface area contributed by atoms with E-state index in [1.807, 2.05) is 31.2 Å². The highest BCUT2D eigenvalue weighted by atomic mass is 32.1. The van der Waals surface area contributed by atoms with Gasteiger partial charge in [0, 0.05) is 29.9 Å². The van der Waals surface area contributed by atoms with Gasteiger partial charge in [0.1, 0.15) is 15.5 Å². The summed E-state index contributed by atoms with van der Waals surface area (Å²) in [4.78, 5) is 28.4. The van der Waals surface area contributed by atoms with Gasteiger partial charge in [0.15, 0.2) is 6.61 Å². The highest BCUT2D eigenvalue weighted by Crippen LogP contribution is 2.31. The summed E-state index contributed by atoms with van der Waals surface area (Å²) in [6.07, 6.45) is 3.68. The van der Waals surface area contributed by atoms with E-state index in [2.05, 4.69) is 15.3 Å². The Hall–Kier alpha value is -3.72. The number of aromatic nitrogens is 2. The number of esters is 1. The Morgan fingerprint density at radius 3 is 2.43 bits per heavy atom. The molecular weight excluding hydrogens is 467 g/mol. The number of nitrogens with one attached hydrogen (secondary N) is 1. The lowest BCUT2D eigenvalue weighted by Crippen LogP contribution is -2.29.